The first-order valence-corrected chi connectivity index (χ1v) is 8.02. The molecule has 1 N–H and O–H groups in total. The first kappa shape index (κ1) is 14.1. The lowest BCUT2D eigenvalue weighted by Crippen LogP contribution is -1.97. The zero-order chi connectivity index (χ0) is 14.7. The molecular formula is C18H18O2S. The van der Waals surface area contributed by atoms with Crippen molar-refractivity contribution in [2.45, 2.75) is 26.1 Å². The second kappa shape index (κ2) is 6.29. The van der Waals surface area contributed by atoms with Crippen LogP contribution in [-0.4, -0.2) is 5.11 Å². The molecule has 0 saturated carbocycles. The maximum absolute atomic E-state index is 9.78. The fourth-order valence-electron chi connectivity index (χ4n) is 2.33. The third-order valence-corrected chi connectivity index (χ3v) is 4.62. The molecule has 2 nitrogen and oxygen atoms in total. The monoisotopic (exact) mass is 298 g/mol. The fraction of sp³-hybridized carbons (Fsp3) is 0.222. The van der Waals surface area contributed by atoms with Crippen molar-refractivity contribution in [1.29, 1.82) is 0 Å². The highest BCUT2D eigenvalue weighted by Crippen LogP contribution is 2.27. The smallest absolute Gasteiger partial charge is 0.119 e. The van der Waals surface area contributed by atoms with Crippen LogP contribution in [-0.2, 0) is 6.61 Å². The molecule has 1 atom stereocenters. The number of hydrogen-bond donors (Lipinski definition) is 1. The number of thiophene rings is 1. The van der Waals surface area contributed by atoms with Crippen molar-refractivity contribution < 1.29 is 9.84 Å². The molecular weight excluding hydrogens is 280 g/mol. The molecule has 0 amide bonds. The van der Waals surface area contributed by atoms with Crippen molar-refractivity contribution in [3.8, 4) is 5.75 Å². The van der Waals surface area contributed by atoms with Crippen molar-refractivity contribution in [2.75, 3.05) is 0 Å². The van der Waals surface area contributed by atoms with E-state index in [-0.39, 0.29) is 6.10 Å². The van der Waals surface area contributed by atoms with Gasteiger partial charge in [-0.25, -0.2) is 0 Å². The third kappa shape index (κ3) is 3.09. The first-order chi connectivity index (χ1) is 10.3. The summed E-state index contributed by atoms with van der Waals surface area (Å²) < 4.78 is 7.14. The van der Waals surface area contributed by atoms with Crippen LogP contribution in [0.4, 0.5) is 0 Å². The highest BCUT2D eigenvalue weighted by molar-refractivity contribution is 7.17. The molecule has 0 unspecified atom stereocenters. The Balaban J connectivity index is 1.70. The Kier molecular flexibility index (Phi) is 4.23. The lowest BCUT2D eigenvalue weighted by Gasteiger charge is -2.10. The van der Waals surface area contributed by atoms with Gasteiger partial charge in [-0.3, -0.25) is 0 Å². The van der Waals surface area contributed by atoms with E-state index >= 15 is 0 Å². The zero-order valence-corrected chi connectivity index (χ0v) is 12.8. The minimum Gasteiger partial charge on any atom is -0.489 e. The van der Waals surface area contributed by atoms with E-state index in [1.165, 1.54) is 15.6 Å². The van der Waals surface area contributed by atoms with E-state index in [0.717, 1.165) is 17.7 Å². The summed E-state index contributed by atoms with van der Waals surface area (Å²) in [6.45, 7) is 2.54. The Labute approximate surface area is 128 Å². The van der Waals surface area contributed by atoms with Crippen LogP contribution in [0.25, 0.3) is 10.1 Å². The Morgan fingerprint density at radius 3 is 2.62 bits per heavy atom. The summed E-state index contributed by atoms with van der Waals surface area (Å²) in [6, 6.07) is 16.1. The number of ether oxygens (including phenoxy) is 1. The molecule has 0 bridgehead atoms. The molecule has 0 radical (unpaired) electrons. The van der Waals surface area contributed by atoms with Gasteiger partial charge < -0.3 is 9.84 Å². The average molecular weight is 298 g/mol. The maximum atomic E-state index is 9.78. The van der Waals surface area contributed by atoms with Crippen molar-refractivity contribution in [1.82, 2.24) is 0 Å². The van der Waals surface area contributed by atoms with Gasteiger partial charge in [-0.2, -0.15) is 0 Å². The quantitative estimate of drug-likeness (QED) is 0.724. The predicted octanol–water partition coefficient (Wildman–Crippen LogP) is 4.92. The molecule has 0 fully saturated rings. The van der Waals surface area contributed by atoms with Crippen molar-refractivity contribution in [3.05, 3.63) is 65.0 Å². The van der Waals surface area contributed by atoms with Crippen LogP contribution in [0.3, 0.4) is 0 Å². The summed E-state index contributed by atoms with van der Waals surface area (Å²) in [5.74, 6) is 0.831. The van der Waals surface area contributed by atoms with Gasteiger partial charge in [-0.1, -0.05) is 37.3 Å². The number of hydrogen-bond acceptors (Lipinski definition) is 3. The first-order valence-electron chi connectivity index (χ1n) is 7.14. The van der Waals surface area contributed by atoms with Gasteiger partial charge in [-0.05, 0) is 40.9 Å². The molecule has 3 heteroatoms. The van der Waals surface area contributed by atoms with Gasteiger partial charge in [0.15, 0.2) is 0 Å². The normalized spacial score (nSPS) is 12.5. The second-order valence-electron chi connectivity index (χ2n) is 5.04. The topological polar surface area (TPSA) is 29.5 Å². The largest absolute Gasteiger partial charge is 0.489 e. The lowest BCUT2D eigenvalue weighted by molar-refractivity contribution is 0.173. The molecule has 0 aliphatic rings. The molecule has 2 aromatic carbocycles. The summed E-state index contributed by atoms with van der Waals surface area (Å²) in [5, 5.41) is 13.2. The Morgan fingerprint density at radius 2 is 1.86 bits per heavy atom. The molecule has 0 aliphatic carbocycles. The summed E-state index contributed by atoms with van der Waals surface area (Å²) in [6.07, 6.45) is 0.334. The van der Waals surface area contributed by atoms with Gasteiger partial charge in [0, 0.05) is 10.3 Å². The minimum absolute atomic E-state index is 0.389. The summed E-state index contributed by atoms with van der Waals surface area (Å²) in [7, 11) is 0. The minimum atomic E-state index is -0.389. The summed E-state index contributed by atoms with van der Waals surface area (Å²) >= 11 is 1.75. The standard InChI is InChI=1S/C18H18O2S/c1-2-17(19)13-7-9-15(10-8-13)20-11-14-12-21-18-6-4-3-5-16(14)18/h3-10,12,17,19H,2,11H2,1H3/t17-/m0/s1. The lowest BCUT2D eigenvalue weighted by atomic mass is 10.1. The number of aliphatic hydroxyl groups excluding tert-OH is 1. The number of benzene rings is 2. The van der Waals surface area contributed by atoms with Crippen LogP contribution in [0.2, 0.25) is 0 Å². The molecule has 0 aliphatic heterocycles. The van der Waals surface area contributed by atoms with Crippen LogP contribution in [0.5, 0.6) is 5.75 Å². The van der Waals surface area contributed by atoms with E-state index < -0.39 is 0 Å². The molecule has 21 heavy (non-hydrogen) atoms. The van der Waals surface area contributed by atoms with Crippen LogP contribution < -0.4 is 4.74 Å². The Morgan fingerprint density at radius 1 is 1.10 bits per heavy atom. The molecule has 1 heterocycles. The average Bonchev–Trinajstić information content (AvgIpc) is 2.96. The predicted molar refractivity (Wildman–Crippen MR) is 87.8 cm³/mol. The van der Waals surface area contributed by atoms with E-state index in [9.17, 15) is 5.11 Å². The highest BCUT2D eigenvalue weighted by atomic mass is 32.1. The van der Waals surface area contributed by atoms with E-state index in [1.54, 1.807) is 11.3 Å². The number of rotatable bonds is 5. The third-order valence-electron chi connectivity index (χ3n) is 3.61. The van der Waals surface area contributed by atoms with Crippen LogP contribution >= 0.6 is 11.3 Å². The van der Waals surface area contributed by atoms with Gasteiger partial charge in [-0.15, -0.1) is 11.3 Å². The van der Waals surface area contributed by atoms with Crippen LogP contribution in [0.1, 0.15) is 30.6 Å². The molecule has 0 spiro atoms. The van der Waals surface area contributed by atoms with Gasteiger partial charge >= 0.3 is 0 Å². The SMILES string of the molecule is CC[C@H](O)c1ccc(OCc2csc3ccccc23)cc1. The van der Waals surface area contributed by atoms with Gasteiger partial charge in [0.05, 0.1) is 6.10 Å². The number of aliphatic hydroxyl groups is 1. The summed E-state index contributed by atoms with van der Waals surface area (Å²) in [5.41, 5.74) is 2.15. The van der Waals surface area contributed by atoms with Crippen molar-refractivity contribution in [2.24, 2.45) is 0 Å². The van der Waals surface area contributed by atoms with E-state index in [2.05, 4.69) is 29.6 Å². The summed E-state index contributed by atoms with van der Waals surface area (Å²) in [4.78, 5) is 0. The van der Waals surface area contributed by atoms with Gasteiger partial charge in [0.1, 0.15) is 12.4 Å². The van der Waals surface area contributed by atoms with E-state index in [1.807, 2.05) is 31.2 Å². The molecule has 3 rings (SSSR count). The van der Waals surface area contributed by atoms with Gasteiger partial charge in [0.2, 0.25) is 0 Å². The van der Waals surface area contributed by atoms with E-state index in [4.69, 9.17) is 4.74 Å². The molecule has 1 aromatic heterocycles. The Hall–Kier alpha value is -1.84. The van der Waals surface area contributed by atoms with Crippen LogP contribution in [0.15, 0.2) is 53.9 Å². The second-order valence-corrected chi connectivity index (χ2v) is 5.95. The van der Waals surface area contributed by atoms with Crippen LogP contribution in [0, 0.1) is 0 Å². The van der Waals surface area contributed by atoms with Crippen molar-refractivity contribution >= 4 is 21.4 Å². The van der Waals surface area contributed by atoms with Gasteiger partial charge in [0.25, 0.3) is 0 Å². The van der Waals surface area contributed by atoms with Crippen molar-refractivity contribution in [3.63, 3.8) is 0 Å². The maximum Gasteiger partial charge on any atom is 0.119 e. The molecule has 108 valence electrons. The number of fused-ring (bicyclic) bond motifs is 1. The zero-order valence-electron chi connectivity index (χ0n) is 12.0. The Bertz CT molecular complexity index is 715. The fourth-order valence-corrected chi connectivity index (χ4v) is 3.28. The van der Waals surface area contributed by atoms with E-state index in [0.29, 0.717) is 6.61 Å². The molecule has 3 aromatic rings. The molecule has 0 saturated heterocycles. The highest BCUT2D eigenvalue weighted by Gasteiger charge is 2.06.